The molecule has 0 bridgehead atoms. The van der Waals surface area contributed by atoms with E-state index in [-0.39, 0.29) is 42.9 Å². The minimum Gasteiger partial charge on any atom is -0.484 e. The zero-order valence-electron chi connectivity index (χ0n) is 30.1. The number of piperidine rings is 1. The van der Waals surface area contributed by atoms with Gasteiger partial charge in [-0.1, -0.05) is 58.0 Å². The van der Waals surface area contributed by atoms with Crippen molar-refractivity contribution in [3.63, 3.8) is 0 Å². The average molecular weight is 711 g/mol. The fourth-order valence-electron chi connectivity index (χ4n) is 5.28. The van der Waals surface area contributed by atoms with E-state index in [1.807, 2.05) is 32.9 Å². The largest absolute Gasteiger partial charge is 0.484 e. The van der Waals surface area contributed by atoms with E-state index in [1.54, 1.807) is 50.2 Å². The summed E-state index contributed by atoms with van der Waals surface area (Å²) in [4.78, 5) is 77.7. The molecule has 1 heterocycles. The predicted octanol–water partition coefficient (Wildman–Crippen LogP) is 3.42. The third-order valence-electron chi connectivity index (χ3n) is 8.17. The van der Waals surface area contributed by atoms with Gasteiger partial charge in [0.05, 0.1) is 5.92 Å². The van der Waals surface area contributed by atoms with E-state index in [4.69, 9.17) is 24.7 Å². The van der Waals surface area contributed by atoms with E-state index >= 15 is 0 Å². The maximum absolute atomic E-state index is 13.6. The third kappa shape index (κ3) is 13.3. The highest BCUT2D eigenvalue weighted by Gasteiger charge is 2.31. The molecular formula is C37H50N4O10. The highest BCUT2D eigenvalue weighted by molar-refractivity contribution is 5.91. The summed E-state index contributed by atoms with van der Waals surface area (Å²) in [5, 5.41) is 5.42. The molecule has 1 fully saturated rings. The Balaban J connectivity index is 1.71. The third-order valence-corrected chi connectivity index (χ3v) is 8.17. The van der Waals surface area contributed by atoms with Gasteiger partial charge in [-0.3, -0.25) is 19.2 Å². The summed E-state index contributed by atoms with van der Waals surface area (Å²) < 4.78 is 21.7. The van der Waals surface area contributed by atoms with Gasteiger partial charge in [0.1, 0.15) is 23.6 Å². The van der Waals surface area contributed by atoms with Crippen LogP contribution < -0.4 is 25.8 Å². The number of nitrogens with one attached hydrogen (secondary N) is 2. The molecular weight excluding hydrogens is 660 g/mol. The van der Waals surface area contributed by atoms with Crippen LogP contribution in [0.4, 0.5) is 4.79 Å². The van der Waals surface area contributed by atoms with Crippen molar-refractivity contribution in [1.82, 2.24) is 15.5 Å². The molecule has 4 amide bonds. The van der Waals surface area contributed by atoms with Crippen LogP contribution in [0, 0.1) is 24.7 Å². The topological polar surface area (TPSA) is 193 Å². The second kappa shape index (κ2) is 19.3. The van der Waals surface area contributed by atoms with E-state index in [2.05, 4.69) is 10.6 Å². The molecule has 14 nitrogen and oxygen atoms in total. The van der Waals surface area contributed by atoms with Crippen molar-refractivity contribution in [1.29, 1.82) is 0 Å². The van der Waals surface area contributed by atoms with Crippen LogP contribution in [-0.2, 0) is 39.9 Å². The predicted molar refractivity (Wildman–Crippen MR) is 186 cm³/mol. The number of rotatable bonds is 16. The average Bonchev–Trinajstić information content (AvgIpc) is 3.07. The van der Waals surface area contributed by atoms with Crippen LogP contribution in [0.15, 0.2) is 48.5 Å². The lowest BCUT2D eigenvalue weighted by molar-refractivity contribution is -0.188. The molecule has 0 radical (unpaired) electrons. The van der Waals surface area contributed by atoms with Gasteiger partial charge in [-0.15, -0.1) is 0 Å². The molecule has 1 saturated heterocycles. The standard InChI is InChI=1S/C37H50N4O10/c1-22(2)19-29(39-32(42)21-48-31-10-8-7-9-24(31)5)34(44)40-30(36(46)50-25(6)49-35(45)23(3)4)20-26-11-13-28(14-12-26)51-37(47)41-17-15-27(16-18-41)33(38)43/h7-14,22-23,25,27,29-30H,15-21H2,1-6H3,(H2,38,43)(H,39,42)(H,40,44). The van der Waals surface area contributed by atoms with E-state index in [1.165, 1.54) is 11.8 Å². The number of benzene rings is 2. The van der Waals surface area contributed by atoms with E-state index in [0.717, 1.165) is 5.56 Å². The first-order valence-electron chi connectivity index (χ1n) is 17.2. The lowest BCUT2D eigenvalue weighted by atomic mass is 9.97. The van der Waals surface area contributed by atoms with Gasteiger partial charge in [0.15, 0.2) is 6.61 Å². The zero-order chi connectivity index (χ0) is 37.7. The van der Waals surface area contributed by atoms with Crippen LogP contribution in [0.2, 0.25) is 0 Å². The number of likely N-dealkylation sites (tertiary alicyclic amines) is 1. The first kappa shape index (κ1) is 40.3. The number of hydrogen-bond acceptors (Lipinski definition) is 10. The lowest BCUT2D eigenvalue weighted by Gasteiger charge is -2.29. The molecule has 0 aromatic heterocycles. The second-order valence-electron chi connectivity index (χ2n) is 13.3. The van der Waals surface area contributed by atoms with Gasteiger partial charge in [-0.2, -0.15) is 0 Å². The number of aryl methyl sites for hydroxylation is 1. The number of hydrogen-bond donors (Lipinski definition) is 3. The number of carbonyl (C=O) groups excluding carboxylic acids is 6. The zero-order valence-corrected chi connectivity index (χ0v) is 30.1. The number of amides is 4. The highest BCUT2D eigenvalue weighted by Crippen LogP contribution is 2.20. The first-order valence-corrected chi connectivity index (χ1v) is 17.2. The molecule has 14 heteroatoms. The smallest absolute Gasteiger partial charge is 0.415 e. The molecule has 2 aromatic rings. The van der Waals surface area contributed by atoms with Crippen LogP contribution in [0.3, 0.4) is 0 Å². The van der Waals surface area contributed by atoms with Gasteiger partial charge in [0, 0.05) is 32.4 Å². The van der Waals surface area contributed by atoms with E-state index in [9.17, 15) is 28.8 Å². The van der Waals surface area contributed by atoms with Crippen molar-refractivity contribution in [3.8, 4) is 11.5 Å². The molecule has 3 atom stereocenters. The Hall–Kier alpha value is -5.14. The van der Waals surface area contributed by atoms with Crippen LogP contribution in [-0.4, -0.2) is 78.7 Å². The number of carbonyl (C=O) groups is 6. The highest BCUT2D eigenvalue weighted by atomic mass is 16.7. The van der Waals surface area contributed by atoms with Crippen LogP contribution >= 0.6 is 0 Å². The Morgan fingerprint density at radius 2 is 1.47 bits per heavy atom. The molecule has 1 aliphatic heterocycles. The number of esters is 2. The van der Waals surface area contributed by atoms with Gasteiger partial charge >= 0.3 is 18.0 Å². The molecule has 3 rings (SSSR count). The summed E-state index contributed by atoms with van der Waals surface area (Å²) >= 11 is 0. The Morgan fingerprint density at radius 3 is 2.06 bits per heavy atom. The van der Waals surface area contributed by atoms with E-state index in [0.29, 0.717) is 37.2 Å². The molecule has 51 heavy (non-hydrogen) atoms. The maximum Gasteiger partial charge on any atom is 0.415 e. The number of nitrogens with two attached hydrogens (primary N) is 1. The summed E-state index contributed by atoms with van der Waals surface area (Å²) in [6.07, 6.45) is -0.636. The number of nitrogens with zero attached hydrogens (tertiary/aromatic N) is 1. The van der Waals surface area contributed by atoms with Gasteiger partial charge in [-0.05, 0) is 61.4 Å². The summed E-state index contributed by atoms with van der Waals surface area (Å²) in [5.74, 6) is -2.87. The summed E-state index contributed by atoms with van der Waals surface area (Å²) in [6.45, 7) is 10.7. The molecule has 0 saturated carbocycles. The van der Waals surface area contributed by atoms with Gasteiger partial charge in [-0.25, -0.2) is 9.59 Å². The minimum absolute atomic E-state index is 0.00368. The van der Waals surface area contributed by atoms with Gasteiger partial charge < -0.3 is 40.2 Å². The van der Waals surface area contributed by atoms with Crippen molar-refractivity contribution >= 4 is 35.8 Å². The monoisotopic (exact) mass is 710 g/mol. The van der Waals surface area contributed by atoms with Crippen LogP contribution in [0.5, 0.6) is 11.5 Å². The number of para-hydroxylation sites is 1. The number of primary amides is 1. The molecule has 3 unspecified atom stereocenters. The normalized spacial score (nSPS) is 14.9. The molecule has 1 aliphatic rings. The van der Waals surface area contributed by atoms with Crippen molar-refractivity contribution in [2.24, 2.45) is 23.5 Å². The minimum atomic E-state index is -1.24. The summed E-state index contributed by atoms with van der Waals surface area (Å²) in [7, 11) is 0. The van der Waals surface area contributed by atoms with Crippen molar-refractivity contribution in [2.45, 2.75) is 85.6 Å². The summed E-state index contributed by atoms with van der Waals surface area (Å²) in [6, 6.07) is 11.4. The van der Waals surface area contributed by atoms with Crippen molar-refractivity contribution < 1.29 is 47.7 Å². The molecule has 0 spiro atoms. The lowest BCUT2D eigenvalue weighted by Crippen LogP contribution is -2.54. The Labute approximate surface area is 298 Å². The fraction of sp³-hybridized carbons (Fsp3) is 0.514. The van der Waals surface area contributed by atoms with Gasteiger partial charge in [0.25, 0.3) is 5.91 Å². The summed E-state index contributed by atoms with van der Waals surface area (Å²) in [5.41, 5.74) is 6.82. The Morgan fingerprint density at radius 1 is 0.843 bits per heavy atom. The molecule has 4 N–H and O–H groups in total. The van der Waals surface area contributed by atoms with Crippen LogP contribution in [0.25, 0.3) is 0 Å². The van der Waals surface area contributed by atoms with Crippen LogP contribution in [0.1, 0.15) is 65.0 Å². The molecule has 278 valence electrons. The maximum atomic E-state index is 13.6. The quantitative estimate of drug-likeness (QED) is 0.172. The first-order chi connectivity index (χ1) is 24.1. The van der Waals surface area contributed by atoms with Crippen molar-refractivity contribution in [2.75, 3.05) is 19.7 Å². The van der Waals surface area contributed by atoms with Gasteiger partial charge in [0.2, 0.25) is 18.1 Å². The second-order valence-corrected chi connectivity index (χ2v) is 13.3. The Kier molecular flexibility index (Phi) is 15.3. The molecule has 2 aromatic carbocycles. The van der Waals surface area contributed by atoms with Crippen molar-refractivity contribution in [3.05, 3.63) is 59.7 Å². The SMILES string of the molecule is Cc1ccccc1OCC(=O)NC(CC(C)C)C(=O)NC(Cc1ccc(OC(=O)N2CCC(C(N)=O)CC2)cc1)C(=O)OC(C)OC(=O)C(C)C. The number of ether oxygens (including phenoxy) is 4. The Bertz CT molecular complexity index is 1520. The fourth-order valence-corrected chi connectivity index (χ4v) is 5.28. The van der Waals surface area contributed by atoms with E-state index < -0.39 is 54.1 Å². The molecule has 0 aliphatic carbocycles.